The number of carbonyl (C=O) groups is 1. The second-order valence-corrected chi connectivity index (χ2v) is 5.10. The quantitative estimate of drug-likeness (QED) is 0.827. The number of alkyl halides is 2. The summed E-state index contributed by atoms with van der Waals surface area (Å²) in [6, 6.07) is 6.39. The molecule has 2 aromatic heterocycles. The van der Waals surface area contributed by atoms with Crippen molar-refractivity contribution >= 4 is 17.7 Å². The van der Waals surface area contributed by atoms with E-state index < -0.39 is 11.7 Å². The standard InChI is InChI=1S/C14H13F2N3O2S/c1-21-11-7-9(4-6-17-11)8-19-12(20)10-3-2-5-18-13(10)22-14(15)16/h2-7,14H,8H2,1H3,(H,19,20). The molecule has 0 bridgehead atoms. The molecule has 1 N–H and O–H groups in total. The third kappa shape index (κ3) is 4.39. The van der Waals surface area contributed by atoms with Crippen LogP contribution in [-0.4, -0.2) is 28.7 Å². The number of hydrogen-bond acceptors (Lipinski definition) is 5. The summed E-state index contributed by atoms with van der Waals surface area (Å²) < 4.78 is 29.9. The number of aromatic nitrogens is 2. The van der Waals surface area contributed by atoms with Gasteiger partial charge in [-0.2, -0.15) is 8.78 Å². The van der Waals surface area contributed by atoms with Crippen molar-refractivity contribution in [2.45, 2.75) is 17.3 Å². The van der Waals surface area contributed by atoms with E-state index in [9.17, 15) is 13.6 Å². The lowest BCUT2D eigenvalue weighted by Crippen LogP contribution is -2.23. The smallest absolute Gasteiger partial charge is 0.290 e. The highest BCUT2D eigenvalue weighted by Gasteiger charge is 2.16. The van der Waals surface area contributed by atoms with E-state index in [2.05, 4.69) is 15.3 Å². The third-order valence-electron chi connectivity index (χ3n) is 2.68. The third-order valence-corrected chi connectivity index (χ3v) is 3.40. The molecule has 116 valence electrons. The summed E-state index contributed by atoms with van der Waals surface area (Å²) >= 11 is 0.246. The minimum Gasteiger partial charge on any atom is -0.481 e. The zero-order chi connectivity index (χ0) is 15.9. The Bertz CT molecular complexity index is 655. The molecule has 2 rings (SSSR count). The van der Waals surface area contributed by atoms with Gasteiger partial charge in [-0.25, -0.2) is 9.97 Å². The summed E-state index contributed by atoms with van der Waals surface area (Å²) in [7, 11) is 1.49. The number of halogens is 2. The maximum Gasteiger partial charge on any atom is 0.290 e. The first kappa shape index (κ1) is 16.2. The first-order valence-electron chi connectivity index (χ1n) is 6.27. The van der Waals surface area contributed by atoms with Gasteiger partial charge in [0.2, 0.25) is 5.88 Å². The Kier molecular flexibility index (Phi) is 5.65. The van der Waals surface area contributed by atoms with Gasteiger partial charge < -0.3 is 10.1 Å². The van der Waals surface area contributed by atoms with Gasteiger partial charge in [0.25, 0.3) is 11.7 Å². The molecule has 0 spiro atoms. The van der Waals surface area contributed by atoms with Gasteiger partial charge in [-0.05, 0) is 35.5 Å². The maximum absolute atomic E-state index is 12.5. The minimum absolute atomic E-state index is 0.00214. The highest BCUT2D eigenvalue weighted by molar-refractivity contribution is 7.99. The fourth-order valence-electron chi connectivity index (χ4n) is 1.69. The molecule has 0 atom stereocenters. The van der Waals surface area contributed by atoms with Crippen LogP contribution in [0.15, 0.2) is 41.7 Å². The summed E-state index contributed by atoms with van der Waals surface area (Å²) in [6.07, 6.45) is 2.93. The Morgan fingerprint density at radius 2 is 2.18 bits per heavy atom. The van der Waals surface area contributed by atoms with E-state index >= 15 is 0 Å². The molecule has 8 heteroatoms. The van der Waals surface area contributed by atoms with Crippen LogP contribution in [0.3, 0.4) is 0 Å². The van der Waals surface area contributed by atoms with Gasteiger partial charge in [-0.1, -0.05) is 0 Å². The first-order valence-corrected chi connectivity index (χ1v) is 7.15. The molecule has 5 nitrogen and oxygen atoms in total. The number of ether oxygens (including phenoxy) is 1. The van der Waals surface area contributed by atoms with E-state index in [0.29, 0.717) is 5.88 Å². The van der Waals surface area contributed by atoms with Crippen molar-refractivity contribution in [1.29, 1.82) is 0 Å². The summed E-state index contributed by atoms with van der Waals surface area (Å²) in [5, 5.41) is 2.66. The Morgan fingerprint density at radius 1 is 1.36 bits per heavy atom. The number of nitrogens with zero attached hydrogens (tertiary/aromatic N) is 2. The van der Waals surface area contributed by atoms with Crippen LogP contribution in [0.25, 0.3) is 0 Å². The SMILES string of the molecule is COc1cc(CNC(=O)c2cccnc2SC(F)F)ccn1. The second kappa shape index (κ2) is 7.69. The Hall–Kier alpha value is -2.22. The molecule has 0 radical (unpaired) electrons. The van der Waals surface area contributed by atoms with Gasteiger partial charge in [0.1, 0.15) is 5.03 Å². The number of amides is 1. The van der Waals surface area contributed by atoms with Gasteiger partial charge in [0.05, 0.1) is 12.7 Å². The number of methoxy groups -OCH3 is 1. The molecule has 1 amide bonds. The molecular formula is C14H13F2N3O2S. The topological polar surface area (TPSA) is 64.1 Å². The largest absolute Gasteiger partial charge is 0.481 e. The average molecular weight is 325 g/mol. The maximum atomic E-state index is 12.5. The van der Waals surface area contributed by atoms with Crippen LogP contribution in [-0.2, 0) is 6.54 Å². The normalized spacial score (nSPS) is 10.5. The Balaban J connectivity index is 2.06. The van der Waals surface area contributed by atoms with Gasteiger partial charge in [0.15, 0.2) is 0 Å². The molecule has 0 aliphatic carbocycles. The van der Waals surface area contributed by atoms with Gasteiger partial charge in [0, 0.05) is 25.0 Å². The molecule has 2 aromatic rings. The van der Waals surface area contributed by atoms with Crippen LogP contribution in [0.2, 0.25) is 0 Å². The fourth-order valence-corrected chi connectivity index (χ4v) is 2.27. The molecule has 22 heavy (non-hydrogen) atoms. The summed E-state index contributed by atoms with van der Waals surface area (Å²) in [4.78, 5) is 19.9. The highest BCUT2D eigenvalue weighted by atomic mass is 32.2. The van der Waals surface area contributed by atoms with Crippen molar-refractivity contribution in [2.75, 3.05) is 7.11 Å². The predicted molar refractivity (Wildman–Crippen MR) is 78.1 cm³/mol. The lowest BCUT2D eigenvalue weighted by atomic mass is 10.2. The van der Waals surface area contributed by atoms with Gasteiger partial charge in [-0.15, -0.1) is 0 Å². The van der Waals surface area contributed by atoms with Crippen LogP contribution in [0.4, 0.5) is 8.78 Å². The first-order chi connectivity index (χ1) is 10.6. The van der Waals surface area contributed by atoms with E-state index in [1.807, 2.05) is 0 Å². The van der Waals surface area contributed by atoms with E-state index in [4.69, 9.17) is 4.74 Å². The zero-order valence-corrected chi connectivity index (χ0v) is 12.4. The Labute approximate surface area is 130 Å². The average Bonchev–Trinajstić information content (AvgIpc) is 2.53. The van der Waals surface area contributed by atoms with Crippen molar-refractivity contribution in [3.63, 3.8) is 0 Å². The van der Waals surface area contributed by atoms with Crippen molar-refractivity contribution in [3.05, 3.63) is 47.8 Å². The number of thioether (sulfide) groups is 1. The zero-order valence-electron chi connectivity index (χ0n) is 11.6. The minimum atomic E-state index is -2.63. The van der Waals surface area contributed by atoms with E-state index in [-0.39, 0.29) is 28.9 Å². The lowest BCUT2D eigenvalue weighted by Gasteiger charge is -2.09. The molecule has 0 saturated carbocycles. The lowest BCUT2D eigenvalue weighted by molar-refractivity contribution is 0.0947. The van der Waals surface area contributed by atoms with Crippen molar-refractivity contribution in [2.24, 2.45) is 0 Å². The van der Waals surface area contributed by atoms with Crippen LogP contribution in [0.5, 0.6) is 5.88 Å². The van der Waals surface area contributed by atoms with Crippen LogP contribution >= 0.6 is 11.8 Å². The number of carbonyl (C=O) groups excluding carboxylic acids is 1. The van der Waals surface area contributed by atoms with Crippen LogP contribution in [0, 0.1) is 0 Å². The monoisotopic (exact) mass is 325 g/mol. The Morgan fingerprint density at radius 3 is 2.91 bits per heavy atom. The number of nitrogens with one attached hydrogen (secondary N) is 1. The molecule has 0 unspecified atom stereocenters. The molecule has 0 fully saturated rings. The van der Waals surface area contributed by atoms with E-state index in [1.165, 1.54) is 25.4 Å². The van der Waals surface area contributed by atoms with Crippen molar-refractivity contribution < 1.29 is 18.3 Å². The van der Waals surface area contributed by atoms with E-state index in [0.717, 1.165) is 5.56 Å². The summed E-state index contributed by atoms with van der Waals surface area (Å²) in [5.74, 6) is -2.67. The second-order valence-electron chi connectivity index (χ2n) is 4.12. The van der Waals surface area contributed by atoms with Crippen LogP contribution < -0.4 is 10.1 Å². The van der Waals surface area contributed by atoms with Gasteiger partial charge >= 0.3 is 0 Å². The molecule has 0 aliphatic rings. The predicted octanol–water partition coefficient (Wildman–Crippen LogP) is 2.73. The number of rotatable bonds is 6. The van der Waals surface area contributed by atoms with E-state index in [1.54, 1.807) is 18.3 Å². The molecule has 2 heterocycles. The fraction of sp³-hybridized carbons (Fsp3) is 0.214. The highest BCUT2D eigenvalue weighted by Crippen LogP contribution is 2.26. The molecular weight excluding hydrogens is 312 g/mol. The van der Waals surface area contributed by atoms with Gasteiger partial charge in [-0.3, -0.25) is 4.79 Å². The molecule has 0 saturated heterocycles. The van der Waals surface area contributed by atoms with Crippen LogP contribution in [0.1, 0.15) is 15.9 Å². The van der Waals surface area contributed by atoms with Crippen molar-refractivity contribution in [1.82, 2.24) is 15.3 Å². The molecule has 0 aromatic carbocycles. The van der Waals surface area contributed by atoms with Crippen molar-refractivity contribution in [3.8, 4) is 5.88 Å². The summed E-state index contributed by atoms with van der Waals surface area (Å²) in [6.45, 7) is 0.228. The summed E-state index contributed by atoms with van der Waals surface area (Å²) in [5.41, 5.74) is 0.904. The number of pyridine rings is 2. The number of hydrogen-bond donors (Lipinski definition) is 1. The molecule has 0 aliphatic heterocycles.